The summed E-state index contributed by atoms with van der Waals surface area (Å²) >= 11 is 3.43. The third-order valence-corrected chi connectivity index (χ3v) is 7.34. The van der Waals surface area contributed by atoms with Crippen molar-refractivity contribution in [3.8, 4) is 0 Å². The molecule has 0 unspecified atom stereocenters. The number of hydrogen-bond acceptors (Lipinski definition) is 4. The van der Waals surface area contributed by atoms with Crippen LogP contribution in [-0.2, 0) is 16.4 Å². The van der Waals surface area contributed by atoms with Gasteiger partial charge in [-0.05, 0) is 62.2 Å². The van der Waals surface area contributed by atoms with E-state index >= 15 is 0 Å². The average molecular weight is 449 g/mol. The molecular weight excluding hydrogens is 432 g/mol. The molecule has 0 atom stereocenters. The fourth-order valence-corrected chi connectivity index (χ4v) is 5.83. The lowest BCUT2D eigenvalue weighted by Crippen LogP contribution is -2.36. The van der Waals surface area contributed by atoms with Crippen molar-refractivity contribution in [3.63, 3.8) is 0 Å². The molecule has 2 aliphatic rings. The van der Waals surface area contributed by atoms with Crippen molar-refractivity contribution in [3.05, 3.63) is 57.6 Å². The third-order valence-electron chi connectivity index (χ3n) is 4.85. The van der Waals surface area contributed by atoms with Crippen molar-refractivity contribution in [2.75, 3.05) is 11.4 Å². The minimum absolute atomic E-state index is 0.0951. The van der Waals surface area contributed by atoms with Gasteiger partial charge >= 0.3 is 0 Å². The Morgan fingerprint density at radius 1 is 1.15 bits per heavy atom. The summed E-state index contributed by atoms with van der Waals surface area (Å²) in [6, 6.07) is 9.52. The van der Waals surface area contributed by atoms with Crippen LogP contribution >= 0.6 is 15.9 Å². The second-order valence-electron chi connectivity index (χ2n) is 6.89. The molecule has 0 saturated heterocycles. The molecule has 0 radical (unpaired) electrons. The molecule has 27 heavy (non-hydrogen) atoms. The zero-order valence-electron chi connectivity index (χ0n) is 14.8. The van der Waals surface area contributed by atoms with Gasteiger partial charge in [-0.1, -0.05) is 15.9 Å². The maximum Gasteiger partial charge on any atom is 0.269 e. The monoisotopic (exact) mass is 448 g/mol. The van der Waals surface area contributed by atoms with Gasteiger partial charge in [0.1, 0.15) is 4.90 Å². The predicted octanol–water partition coefficient (Wildman–Crippen LogP) is 3.20. The fraction of sp³-hybridized carbons (Fsp3) is 0.263. The number of rotatable bonds is 2. The quantitative estimate of drug-likeness (QED) is 0.706. The number of sulfonamides is 1. The van der Waals surface area contributed by atoms with Crippen LogP contribution in [0.2, 0.25) is 0 Å². The Morgan fingerprint density at radius 2 is 1.89 bits per heavy atom. The second kappa shape index (κ2) is 6.17. The summed E-state index contributed by atoms with van der Waals surface area (Å²) in [6.07, 6.45) is 0.739. The van der Waals surface area contributed by atoms with E-state index in [2.05, 4.69) is 15.9 Å². The number of amides is 2. The van der Waals surface area contributed by atoms with Gasteiger partial charge in [0.2, 0.25) is 0 Å². The van der Waals surface area contributed by atoms with Gasteiger partial charge in [0.15, 0.2) is 0 Å². The zero-order chi connectivity index (χ0) is 19.5. The number of anilines is 1. The maximum atomic E-state index is 13.0. The molecule has 0 aromatic heterocycles. The first-order valence-corrected chi connectivity index (χ1v) is 10.8. The standard InChI is InChI=1S/C19H17BrN2O4S/c1-11(2)22-19(24)15-5-3-13(10-17(15)27(22,25)26)18(23)21-8-7-12-9-14(20)4-6-16(12)21/h3-6,9-11H,7-8H2,1-2H3. The molecule has 140 valence electrons. The average Bonchev–Trinajstić information content (AvgIpc) is 3.10. The molecule has 2 aromatic rings. The Labute approximate surface area is 166 Å². The van der Waals surface area contributed by atoms with E-state index < -0.39 is 22.0 Å². The number of hydrogen-bond donors (Lipinski definition) is 0. The fourth-order valence-electron chi connectivity index (χ4n) is 3.63. The van der Waals surface area contributed by atoms with E-state index in [1.165, 1.54) is 18.2 Å². The van der Waals surface area contributed by atoms with Gasteiger partial charge in [-0.2, -0.15) is 0 Å². The number of carbonyl (C=O) groups excluding carboxylic acids is 2. The Bertz CT molecular complexity index is 1090. The van der Waals surface area contributed by atoms with Crippen LogP contribution in [0.25, 0.3) is 0 Å². The van der Waals surface area contributed by atoms with Crippen LogP contribution in [0.1, 0.15) is 40.1 Å². The van der Waals surface area contributed by atoms with Gasteiger partial charge in [-0.25, -0.2) is 12.7 Å². The first-order chi connectivity index (χ1) is 12.7. The van der Waals surface area contributed by atoms with Crippen molar-refractivity contribution < 1.29 is 18.0 Å². The number of fused-ring (bicyclic) bond motifs is 2. The first-order valence-electron chi connectivity index (χ1n) is 8.55. The molecule has 0 fully saturated rings. The second-order valence-corrected chi connectivity index (χ2v) is 9.59. The molecule has 0 aliphatic carbocycles. The highest BCUT2D eigenvalue weighted by molar-refractivity contribution is 9.10. The van der Waals surface area contributed by atoms with Crippen LogP contribution < -0.4 is 4.90 Å². The van der Waals surface area contributed by atoms with E-state index in [4.69, 9.17) is 0 Å². The molecule has 0 saturated carbocycles. The molecule has 2 aliphatic heterocycles. The van der Waals surface area contributed by atoms with Crippen LogP contribution in [0.3, 0.4) is 0 Å². The minimum Gasteiger partial charge on any atom is -0.308 e. The summed E-state index contributed by atoms with van der Waals surface area (Å²) in [5.41, 5.74) is 2.26. The Morgan fingerprint density at radius 3 is 2.59 bits per heavy atom. The van der Waals surface area contributed by atoms with Crippen molar-refractivity contribution in [2.24, 2.45) is 0 Å². The summed E-state index contributed by atoms with van der Waals surface area (Å²) in [5.74, 6) is -0.820. The van der Waals surface area contributed by atoms with Crippen LogP contribution in [-0.4, -0.2) is 37.1 Å². The summed E-state index contributed by atoms with van der Waals surface area (Å²) in [7, 11) is -3.93. The molecule has 2 heterocycles. The molecule has 0 bridgehead atoms. The van der Waals surface area contributed by atoms with Crippen molar-refractivity contribution in [1.29, 1.82) is 0 Å². The van der Waals surface area contributed by atoms with Gasteiger partial charge in [-0.3, -0.25) is 9.59 Å². The van der Waals surface area contributed by atoms with E-state index in [1.54, 1.807) is 18.7 Å². The van der Waals surface area contributed by atoms with Gasteiger partial charge < -0.3 is 4.90 Å². The van der Waals surface area contributed by atoms with Gasteiger partial charge in [0.05, 0.1) is 5.56 Å². The lowest BCUT2D eigenvalue weighted by molar-refractivity contribution is 0.0845. The molecule has 4 rings (SSSR count). The highest BCUT2D eigenvalue weighted by Gasteiger charge is 2.43. The van der Waals surface area contributed by atoms with Gasteiger partial charge in [0.25, 0.3) is 21.8 Å². The number of halogens is 1. The molecule has 8 heteroatoms. The first kappa shape index (κ1) is 18.2. The third kappa shape index (κ3) is 2.70. The highest BCUT2D eigenvalue weighted by Crippen LogP contribution is 2.35. The smallest absolute Gasteiger partial charge is 0.269 e. The van der Waals surface area contributed by atoms with Gasteiger partial charge in [-0.15, -0.1) is 0 Å². The Balaban J connectivity index is 1.74. The summed E-state index contributed by atoms with van der Waals surface area (Å²) < 4.78 is 27.3. The van der Waals surface area contributed by atoms with Crippen molar-refractivity contribution in [1.82, 2.24) is 4.31 Å². The van der Waals surface area contributed by atoms with Crippen LogP contribution in [0, 0.1) is 0 Å². The predicted molar refractivity (Wildman–Crippen MR) is 104 cm³/mol. The van der Waals surface area contributed by atoms with E-state index in [9.17, 15) is 18.0 Å². The van der Waals surface area contributed by atoms with E-state index in [0.29, 0.717) is 6.54 Å². The molecular formula is C19H17BrN2O4S. The normalized spacial score (nSPS) is 17.4. The minimum atomic E-state index is -3.93. The van der Waals surface area contributed by atoms with E-state index in [0.717, 1.165) is 26.4 Å². The zero-order valence-corrected chi connectivity index (χ0v) is 17.2. The largest absolute Gasteiger partial charge is 0.308 e. The molecule has 6 nitrogen and oxygen atoms in total. The number of benzene rings is 2. The van der Waals surface area contributed by atoms with Gasteiger partial charge in [0, 0.05) is 28.3 Å². The summed E-state index contributed by atoms with van der Waals surface area (Å²) in [5, 5.41) is 0. The Kier molecular flexibility index (Phi) is 4.16. The number of carbonyl (C=O) groups is 2. The van der Waals surface area contributed by atoms with E-state index in [-0.39, 0.29) is 21.9 Å². The topological polar surface area (TPSA) is 74.8 Å². The van der Waals surface area contributed by atoms with E-state index in [1.807, 2.05) is 18.2 Å². The molecule has 2 amide bonds. The summed E-state index contributed by atoms with van der Waals surface area (Å²) in [6.45, 7) is 3.82. The van der Waals surface area contributed by atoms with Crippen LogP contribution in [0.5, 0.6) is 0 Å². The van der Waals surface area contributed by atoms with Crippen molar-refractivity contribution in [2.45, 2.75) is 31.2 Å². The Hall–Kier alpha value is -2.19. The van der Waals surface area contributed by atoms with Crippen molar-refractivity contribution >= 4 is 43.5 Å². The highest BCUT2D eigenvalue weighted by atomic mass is 79.9. The number of nitrogens with zero attached hydrogens (tertiary/aromatic N) is 2. The molecule has 2 aromatic carbocycles. The lowest BCUT2D eigenvalue weighted by Gasteiger charge is -2.19. The van der Waals surface area contributed by atoms with Crippen LogP contribution in [0.15, 0.2) is 45.8 Å². The molecule has 0 spiro atoms. The van der Waals surface area contributed by atoms with Crippen LogP contribution in [0.4, 0.5) is 5.69 Å². The lowest BCUT2D eigenvalue weighted by atomic mass is 10.1. The summed E-state index contributed by atoms with van der Waals surface area (Å²) in [4.78, 5) is 27.0. The molecule has 0 N–H and O–H groups in total. The maximum absolute atomic E-state index is 13.0. The SMILES string of the molecule is CC(C)N1C(=O)c2ccc(C(=O)N3CCc4cc(Br)ccc43)cc2S1(=O)=O.